The van der Waals surface area contributed by atoms with Crippen molar-refractivity contribution in [3.8, 4) is 0 Å². The van der Waals surface area contributed by atoms with E-state index in [2.05, 4.69) is 33.4 Å². The van der Waals surface area contributed by atoms with E-state index in [1.54, 1.807) is 30.3 Å². The molecule has 194 valence electrons. The van der Waals surface area contributed by atoms with Gasteiger partial charge in [-0.15, -0.1) is 0 Å². The molecule has 3 rings (SSSR count). The summed E-state index contributed by atoms with van der Waals surface area (Å²) < 4.78 is 0. The molecule has 0 aromatic heterocycles. The monoisotopic (exact) mass is 514 g/mol. The van der Waals surface area contributed by atoms with Gasteiger partial charge in [-0.05, 0) is 34.9 Å². The van der Waals surface area contributed by atoms with Crippen molar-refractivity contribution in [3.05, 3.63) is 69.7 Å². The number of halogens is 1. The molecule has 1 unspecified atom stereocenters. The van der Waals surface area contributed by atoms with Gasteiger partial charge >= 0.3 is 0 Å². The molecule has 1 heterocycles. The third-order valence-electron chi connectivity index (χ3n) is 6.10. The molecule has 0 saturated carbocycles. The third kappa shape index (κ3) is 7.04. The molecule has 1 atom stereocenters. The van der Waals surface area contributed by atoms with Crippen LogP contribution in [0.25, 0.3) is 0 Å². The molecule has 10 heteroatoms. The molecule has 9 nitrogen and oxygen atoms in total. The normalized spacial score (nSPS) is 13.8. The summed E-state index contributed by atoms with van der Waals surface area (Å²) in [5.74, 6) is -0.821. The Morgan fingerprint density at radius 2 is 1.69 bits per heavy atom. The van der Waals surface area contributed by atoms with E-state index in [0.29, 0.717) is 48.4 Å². The average Bonchev–Trinajstić information content (AvgIpc) is 3.30. The van der Waals surface area contributed by atoms with E-state index in [1.807, 2.05) is 31.0 Å². The van der Waals surface area contributed by atoms with Gasteiger partial charge in [-0.1, -0.05) is 49.7 Å². The molecule has 0 radical (unpaired) electrons. The maximum Gasteiger partial charge on any atom is 0.251 e. The Balaban J connectivity index is 1.72. The van der Waals surface area contributed by atoms with Crippen molar-refractivity contribution in [2.45, 2.75) is 39.0 Å². The van der Waals surface area contributed by atoms with E-state index < -0.39 is 6.04 Å². The first-order valence-electron chi connectivity index (χ1n) is 12.1. The van der Waals surface area contributed by atoms with Crippen LogP contribution in [-0.2, 0) is 22.7 Å². The van der Waals surface area contributed by atoms with Crippen LogP contribution in [0, 0.1) is 0 Å². The van der Waals surface area contributed by atoms with Crippen LogP contribution < -0.4 is 21.3 Å². The highest BCUT2D eigenvalue weighted by Crippen LogP contribution is 2.26. The predicted molar refractivity (Wildman–Crippen MR) is 140 cm³/mol. The van der Waals surface area contributed by atoms with Gasteiger partial charge in [-0.3, -0.25) is 24.7 Å². The zero-order chi connectivity index (χ0) is 26.2. The lowest BCUT2D eigenvalue weighted by molar-refractivity contribution is -0.145. The molecule has 0 bridgehead atoms. The van der Waals surface area contributed by atoms with Gasteiger partial charge in [0.25, 0.3) is 11.8 Å². The molecule has 0 fully saturated rings. The van der Waals surface area contributed by atoms with Gasteiger partial charge in [-0.2, -0.15) is 0 Å². The molecule has 36 heavy (non-hydrogen) atoms. The summed E-state index contributed by atoms with van der Waals surface area (Å²) in [5, 5.41) is 15.6. The number of rotatable bonds is 11. The number of carbonyl (C=O) groups excluding carboxylic acids is 3. The number of amides is 3. The Bertz CT molecular complexity index is 1070. The van der Waals surface area contributed by atoms with E-state index in [9.17, 15) is 14.4 Å². The van der Waals surface area contributed by atoms with Crippen LogP contribution in [0.15, 0.2) is 42.5 Å². The Kier molecular flexibility index (Phi) is 9.83. The minimum atomic E-state index is -0.922. The molecular formula is C26H35ClN6O3. The molecule has 0 spiro atoms. The largest absolute Gasteiger partial charge is 0.355 e. The van der Waals surface area contributed by atoms with Crippen LogP contribution in [0.4, 0.5) is 0 Å². The molecule has 2 aromatic rings. The molecule has 0 aliphatic carbocycles. The molecule has 1 aliphatic heterocycles. The van der Waals surface area contributed by atoms with Crippen molar-refractivity contribution in [2.24, 2.45) is 0 Å². The van der Waals surface area contributed by atoms with E-state index in [0.717, 1.165) is 0 Å². The highest BCUT2D eigenvalue weighted by molar-refractivity contribution is 6.31. The van der Waals surface area contributed by atoms with E-state index >= 15 is 0 Å². The third-order valence-corrected chi connectivity index (χ3v) is 6.45. The maximum atomic E-state index is 13.2. The highest BCUT2D eigenvalue weighted by Gasteiger charge is 2.28. The summed E-state index contributed by atoms with van der Waals surface area (Å²) in [5.41, 5.74) is 3.18. The van der Waals surface area contributed by atoms with E-state index in [-0.39, 0.29) is 24.3 Å². The minimum absolute atomic E-state index is 0.0911. The lowest BCUT2D eigenvalue weighted by Crippen LogP contribution is -2.47. The van der Waals surface area contributed by atoms with Crippen LogP contribution >= 0.6 is 11.6 Å². The number of nitrogens with zero attached hydrogens (tertiary/aromatic N) is 2. The summed E-state index contributed by atoms with van der Waals surface area (Å²) in [6.07, 6.45) is 0. The van der Waals surface area contributed by atoms with Crippen molar-refractivity contribution < 1.29 is 14.4 Å². The Hall–Kier alpha value is -2.98. The summed E-state index contributed by atoms with van der Waals surface area (Å²) in [6, 6.07) is 12.2. The van der Waals surface area contributed by atoms with Crippen LogP contribution in [0.5, 0.6) is 0 Å². The molecule has 4 N–H and O–H groups in total. The minimum Gasteiger partial charge on any atom is -0.355 e. The van der Waals surface area contributed by atoms with Crippen LogP contribution in [0.2, 0.25) is 5.02 Å². The average molecular weight is 515 g/mol. The van der Waals surface area contributed by atoms with Gasteiger partial charge in [0.1, 0.15) is 6.04 Å². The quantitative estimate of drug-likeness (QED) is 0.341. The Morgan fingerprint density at radius 1 is 1.03 bits per heavy atom. The number of benzene rings is 2. The second-order valence-electron chi connectivity index (χ2n) is 9.04. The van der Waals surface area contributed by atoms with Crippen LogP contribution in [0.1, 0.15) is 46.9 Å². The van der Waals surface area contributed by atoms with E-state index in [4.69, 9.17) is 11.6 Å². The molecule has 3 amide bonds. The number of hydrogen-bond acceptors (Lipinski definition) is 6. The standard InChI is InChI=1S/C26H35ClN6O3/c1-17(2)29-11-12-30-26(36)24(21-13-18(25(35)28-3)9-10-22(21)27)31-14-23(34)32(4)33-15-19-7-5-6-8-20(19)16-33/h5-10,13,17,24,29,31H,11-12,14-16H2,1-4H3,(H,28,35)(H,30,36). The fraction of sp³-hybridized carbons (Fsp3) is 0.423. The fourth-order valence-corrected chi connectivity index (χ4v) is 4.26. The topological polar surface area (TPSA) is 106 Å². The second-order valence-corrected chi connectivity index (χ2v) is 9.45. The molecular weight excluding hydrogens is 480 g/mol. The Labute approximate surface area is 217 Å². The van der Waals surface area contributed by atoms with Gasteiger partial charge in [-0.25, -0.2) is 5.01 Å². The summed E-state index contributed by atoms with van der Waals surface area (Å²) in [4.78, 5) is 38.4. The first-order chi connectivity index (χ1) is 17.2. The van der Waals surface area contributed by atoms with Crippen molar-refractivity contribution in [1.82, 2.24) is 31.3 Å². The van der Waals surface area contributed by atoms with Crippen molar-refractivity contribution in [2.75, 3.05) is 33.7 Å². The van der Waals surface area contributed by atoms with Crippen LogP contribution in [-0.4, -0.2) is 67.5 Å². The van der Waals surface area contributed by atoms with Gasteiger partial charge in [0.05, 0.1) is 6.54 Å². The first kappa shape index (κ1) is 27.6. The molecule has 2 aromatic carbocycles. The number of hydrogen-bond donors (Lipinski definition) is 4. The van der Waals surface area contributed by atoms with Gasteiger partial charge in [0.2, 0.25) is 5.91 Å². The smallest absolute Gasteiger partial charge is 0.251 e. The number of hydrazine groups is 1. The molecule has 0 saturated heterocycles. The van der Waals surface area contributed by atoms with Gasteiger partial charge in [0, 0.05) is 56.9 Å². The number of fused-ring (bicyclic) bond motifs is 1. The van der Waals surface area contributed by atoms with Gasteiger partial charge < -0.3 is 16.0 Å². The summed E-state index contributed by atoms with van der Waals surface area (Å²) >= 11 is 6.45. The summed E-state index contributed by atoms with van der Waals surface area (Å²) in [6.45, 7) is 6.25. The number of carbonyl (C=O) groups is 3. The zero-order valence-electron chi connectivity index (χ0n) is 21.2. The maximum absolute atomic E-state index is 13.2. The lowest BCUT2D eigenvalue weighted by Gasteiger charge is -2.29. The SMILES string of the molecule is CNC(=O)c1ccc(Cl)c(C(NCC(=O)N(C)N2Cc3ccccc3C2)C(=O)NCCNC(C)C)c1. The van der Waals surface area contributed by atoms with Crippen molar-refractivity contribution >= 4 is 29.3 Å². The van der Waals surface area contributed by atoms with E-state index in [1.165, 1.54) is 18.2 Å². The van der Waals surface area contributed by atoms with Crippen molar-refractivity contribution in [1.29, 1.82) is 0 Å². The highest BCUT2D eigenvalue weighted by atomic mass is 35.5. The predicted octanol–water partition coefficient (Wildman–Crippen LogP) is 1.83. The number of likely N-dealkylation sites (N-methyl/N-ethyl adjacent to an activating group) is 1. The number of nitrogens with one attached hydrogen (secondary N) is 4. The Morgan fingerprint density at radius 3 is 2.31 bits per heavy atom. The second kappa shape index (κ2) is 12.8. The lowest BCUT2D eigenvalue weighted by atomic mass is 10.0. The van der Waals surface area contributed by atoms with Gasteiger partial charge in [0.15, 0.2) is 0 Å². The fourth-order valence-electron chi connectivity index (χ4n) is 4.03. The molecule has 1 aliphatic rings. The first-order valence-corrected chi connectivity index (χ1v) is 12.4. The van der Waals surface area contributed by atoms with Crippen LogP contribution in [0.3, 0.4) is 0 Å². The zero-order valence-corrected chi connectivity index (χ0v) is 22.0. The summed E-state index contributed by atoms with van der Waals surface area (Å²) in [7, 11) is 3.26. The van der Waals surface area contributed by atoms with Crippen molar-refractivity contribution in [3.63, 3.8) is 0 Å².